The minimum Gasteiger partial charge on any atom is -0.493 e. The van der Waals surface area contributed by atoms with Gasteiger partial charge in [0.1, 0.15) is 11.6 Å². The van der Waals surface area contributed by atoms with Gasteiger partial charge in [-0.3, -0.25) is 19.7 Å². The number of carbonyl (C=O) groups is 1. The molecule has 1 fully saturated rings. The molecular weight excluding hydrogens is 566 g/mol. The van der Waals surface area contributed by atoms with E-state index in [1.165, 1.54) is 11.6 Å². The molecule has 43 heavy (non-hydrogen) atoms. The number of nitrogens with one attached hydrogen (secondary N) is 2. The maximum Gasteiger partial charge on any atom is 0.277 e. The van der Waals surface area contributed by atoms with Crippen molar-refractivity contribution in [2.45, 2.75) is 45.1 Å². The van der Waals surface area contributed by atoms with E-state index in [1.807, 2.05) is 44.2 Å². The zero-order valence-electron chi connectivity index (χ0n) is 24.7. The zero-order valence-corrected chi connectivity index (χ0v) is 25.5. The normalized spacial score (nSPS) is 14.5. The molecule has 5 rings (SSSR count). The Hall–Kier alpha value is -3.97. The van der Waals surface area contributed by atoms with Gasteiger partial charge in [-0.1, -0.05) is 31.2 Å². The summed E-state index contributed by atoms with van der Waals surface area (Å²) >= 11 is 1.70. The van der Waals surface area contributed by atoms with Gasteiger partial charge in [-0.2, -0.15) is 0 Å². The summed E-state index contributed by atoms with van der Waals surface area (Å²) in [6.07, 6.45) is 4.59. The van der Waals surface area contributed by atoms with Gasteiger partial charge in [0.25, 0.3) is 11.5 Å². The van der Waals surface area contributed by atoms with Crippen LogP contribution in [0, 0.1) is 6.92 Å². The van der Waals surface area contributed by atoms with E-state index in [0.29, 0.717) is 29.4 Å². The molecule has 0 bridgehead atoms. The molecule has 12 heteroatoms. The molecule has 0 saturated carbocycles. The van der Waals surface area contributed by atoms with Crippen LogP contribution < -0.4 is 15.8 Å². The van der Waals surface area contributed by atoms with E-state index < -0.39 is 5.91 Å². The molecule has 0 aliphatic carbocycles. The molecule has 0 atom stereocenters. The number of piperazine rings is 1. The number of hydroxylamine groups is 1. The maximum absolute atomic E-state index is 13.1. The van der Waals surface area contributed by atoms with E-state index >= 15 is 0 Å². The average Bonchev–Trinajstić information content (AvgIpc) is 3.33. The Bertz CT molecular complexity index is 1660. The molecule has 11 nitrogen and oxygen atoms in total. The first kappa shape index (κ1) is 30.5. The fourth-order valence-electron chi connectivity index (χ4n) is 5.10. The molecule has 4 aromatic rings. The van der Waals surface area contributed by atoms with Crippen molar-refractivity contribution in [2.75, 3.05) is 32.8 Å². The summed E-state index contributed by atoms with van der Waals surface area (Å²) in [5.74, 6) is 1.36. The predicted octanol–water partition coefficient (Wildman–Crippen LogP) is 4.09. The number of benzene rings is 2. The number of aromatic nitrogens is 4. The number of rotatable bonds is 11. The summed E-state index contributed by atoms with van der Waals surface area (Å²) in [6, 6.07) is 14.1. The molecule has 0 radical (unpaired) electrons. The first-order valence-electron chi connectivity index (χ1n) is 14.5. The number of imidazole rings is 1. The third-order valence-electron chi connectivity index (χ3n) is 7.21. The quantitative estimate of drug-likeness (QED) is 0.101. The monoisotopic (exact) mass is 603 g/mol. The summed E-state index contributed by atoms with van der Waals surface area (Å²) < 4.78 is 9.97. The third kappa shape index (κ3) is 7.34. The lowest BCUT2D eigenvalue weighted by atomic mass is 10.1. The lowest BCUT2D eigenvalue weighted by molar-refractivity contribution is -0.124. The molecule has 1 aliphatic rings. The van der Waals surface area contributed by atoms with Crippen LogP contribution in [0.2, 0.25) is 0 Å². The van der Waals surface area contributed by atoms with Crippen molar-refractivity contribution in [3.63, 3.8) is 0 Å². The van der Waals surface area contributed by atoms with Crippen LogP contribution >= 0.6 is 11.9 Å². The standard InChI is InChI=1S/C31H37N7O4S/c1-4-6-27-32-21(3)29-31(40)33-30(34-38(27)29)25-19-24(12-13-26(25)42-5-2)43-37-17-15-36(16-18-37)20-23-9-7-22(8-10-23)11-14-28(39)35-41/h7-14,19,41H,4-6,15-18,20H2,1-3H3,(H,35,39)(H,33,34,40). The van der Waals surface area contributed by atoms with Gasteiger partial charge in [0.15, 0.2) is 11.3 Å². The predicted molar refractivity (Wildman–Crippen MR) is 167 cm³/mol. The van der Waals surface area contributed by atoms with Crippen molar-refractivity contribution >= 4 is 29.4 Å². The summed E-state index contributed by atoms with van der Waals surface area (Å²) in [6.45, 7) is 10.9. The minimum absolute atomic E-state index is 0.214. The number of ether oxygens (including phenoxy) is 1. The number of hydrogen-bond acceptors (Lipinski definition) is 9. The molecule has 1 saturated heterocycles. The number of nitrogens with zero attached hydrogens (tertiary/aromatic N) is 5. The summed E-state index contributed by atoms with van der Waals surface area (Å²) in [7, 11) is 0. The first-order valence-corrected chi connectivity index (χ1v) is 15.3. The van der Waals surface area contributed by atoms with Crippen molar-refractivity contribution in [1.82, 2.24) is 34.3 Å². The Kier molecular flexibility index (Phi) is 9.93. The van der Waals surface area contributed by atoms with Gasteiger partial charge in [-0.15, -0.1) is 5.10 Å². The fourth-order valence-corrected chi connectivity index (χ4v) is 6.05. The van der Waals surface area contributed by atoms with Crippen molar-refractivity contribution in [3.8, 4) is 17.1 Å². The van der Waals surface area contributed by atoms with E-state index in [-0.39, 0.29) is 5.56 Å². The molecule has 0 unspecified atom stereocenters. The second kappa shape index (κ2) is 14.0. The van der Waals surface area contributed by atoms with Gasteiger partial charge in [-0.05, 0) is 67.6 Å². The second-order valence-corrected chi connectivity index (χ2v) is 11.5. The van der Waals surface area contributed by atoms with Gasteiger partial charge in [0, 0.05) is 50.1 Å². The van der Waals surface area contributed by atoms with Gasteiger partial charge >= 0.3 is 0 Å². The Balaban J connectivity index is 1.26. The SMILES string of the molecule is CCCc1nc(C)c2c(=O)[nH]c(-c3cc(SN4CCN(Cc5ccc(C=CC(=O)NO)cc5)CC4)ccc3OCC)nn12. The average molecular weight is 604 g/mol. The van der Waals surface area contributed by atoms with Gasteiger partial charge < -0.3 is 9.72 Å². The molecule has 2 aromatic carbocycles. The zero-order chi connectivity index (χ0) is 30.3. The lowest BCUT2D eigenvalue weighted by Crippen LogP contribution is -2.42. The first-order chi connectivity index (χ1) is 20.9. The minimum atomic E-state index is -0.556. The topological polar surface area (TPSA) is 128 Å². The highest BCUT2D eigenvalue weighted by Crippen LogP contribution is 2.34. The number of H-pyrrole nitrogens is 1. The van der Waals surface area contributed by atoms with Crippen LogP contribution in [0.3, 0.4) is 0 Å². The lowest BCUT2D eigenvalue weighted by Gasteiger charge is -2.34. The Morgan fingerprint density at radius 3 is 2.60 bits per heavy atom. The van der Waals surface area contributed by atoms with Crippen LogP contribution in [0.4, 0.5) is 0 Å². The van der Waals surface area contributed by atoms with Gasteiger partial charge in [0.05, 0.1) is 17.9 Å². The third-order valence-corrected chi connectivity index (χ3v) is 8.30. The largest absolute Gasteiger partial charge is 0.493 e. The smallest absolute Gasteiger partial charge is 0.277 e. The van der Waals surface area contributed by atoms with Crippen LogP contribution in [0.5, 0.6) is 5.75 Å². The molecule has 1 amide bonds. The molecule has 2 aromatic heterocycles. The van der Waals surface area contributed by atoms with Crippen LogP contribution in [-0.4, -0.2) is 72.7 Å². The van der Waals surface area contributed by atoms with Crippen LogP contribution in [0.15, 0.2) is 58.2 Å². The van der Waals surface area contributed by atoms with Crippen molar-refractivity contribution in [2.24, 2.45) is 0 Å². The van der Waals surface area contributed by atoms with E-state index in [9.17, 15) is 9.59 Å². The number of hydrogen-bond donors (Lipinski definition) is 3. The summed E-state index contributed by atoms with van der Waals surface area (Å²) in [5, 5.41) is 13.4. The highest BCUT2D eigenvalue weighted by Gasteiger charge is 2.20. The Labute approximate surface area is 254 Å². The van der Waals surface area contributed by atoms with E-state index in [0.717, 1.165) is 67.4 Å². The molecule has 226 valence electrons. The van der Waals surface area contributed by atoms with Crippen LogP contribution in [0.25, 0.3) is 23.0 Å². The molecule has 0 spiro atoms. The van der Waals surface area contributed by atoms with Gasteiger partial charge in [-0.25, -0.2) is 19.3 Å². The molecule has 1 aliphatic heterocycles. The molecule has 3 N–H and O–H groups in total. The highest BCUT2D eigenvalue weighted by molar-refractivity contribution is 7.97. The van der Waals surface area contributed by atoms with E-state index in [2.05, 4.69) is 38.2 Å². The van der Waals surface area contributed by atoms with Crippen molar-refractivity contribution in [1.29, 1.82) is 0 Å². The van der Waals surface area contributed by atoms with Crippen molar-refractivity contribution in [3.05, 3.63) is 81.5 Å². The number of carbonyl (C=O) groups excluding carboxylic acids is 1. The number of amides is 1. The Morgan fingerprint density at radius 1 is 1.14 bits per heavy atom. The summed E-state index contributed by atoms with van der Waals surface area (Å²) in [4.78, 5) is 35.3. The fraction of sp³-hybridized carbons (Fsp3) is 0.355. The Morgan fingerprint density at radius 2 is 1.91 bits per heavy atom. The molecular formula is C31H37N7O4S. The van der Waals surface area contributed by atoms with Crippen LogP contribution in [-0.2, 0) is 17.8 Å². The number of fused-ring (bicyclic) bond motifs is 1. The van der Waals surface area contributed by atoms with E-state index in [4.69, 9.17) is 15.0 Å². The van der Waals surface area contributed by atoms with Crippen LogP contribution in [0.1, 0.15) is 42.9 Å². The maximum atomic E-state index is 13.1. The second-order valence-electron chi connectivity index (χ2n) is 10.4. The summed E-state index contributed by atoms with van der Waals surface area (Å²) in [5.41, 5.74) is 5.37. The number of aryl methyl sites for hydroxylation is 2. The highest BCUT2D eigenvalue weighted by atomic mass is 32.2. The van der Waals surface area contributed by atoms with E-state index in [1.54, 1.807) is 28.0 Å². The molecule has 3 heterocycles. The van der Waals surface area contributed by atoms with Gasteiger partial charge in [0.2, 0.25) is 0 Å². The number of aromatic amines is 1. The van der Waals surface area contributed by atoms with Crippen molar-refractivity contribution < 1.29 is 14.7 Å².